The van der Waals surface area contributed by atoms with Crippen LogP contribution in [0.4, 0.5) is 0 Å². The molecule has 2 aliphatic rings. The third-order valence-corrected chi connectivity index (χ3v) is 5.46. The number of carbonyl (C=O) groups excluding carboxylic acids is 1. The Balaban J connectivity index is 2.44. The largest absolute Gasteiger partial charge is 0.300 e. The average Bonchev–Trinajstić information content (AvgIpc) is 2.28. The molecule has 3 atom stereocenters. The van der Waals surface area contributed by atoms with Gasteiger partial charge in [-0.3, -0.25) is 4.79 Å². The molecule has 0 aromatic rings. The molecular weight excluding hydrogens is 220 g/mol. The monoisotopic (exact) mass is 248 g/mol. The first-order valence-corrected chi connectivity index (χ1v) is 7.61. The summed E-state index contributed by atoms with van der Waals surface area (Å²) < 4.78 is 0. The maximum atomic E-state index is 11.9. The summed E-state index contributed by atoms with van der Waals surface area (Å²) in [5.74, 6) is 1.85. The summed E-state index contributed by atoms with van der Waals surface area (Å²) >= 11 is 0. The van der Waals surface area contributed by atoms with E-state index in [9.17, 15) is 4.79 Å². The lowest BCUT2D eigenvalue weighted by atomic mass is 9.57. The summed E-state index contributed by atoms with van der Waals surface area (Å²) in [5, 5.41) is 0. The molecule has 1 nitrogen and oxygen atoms in total. The number of rotatable bonds is 2. The predicted octanol–water partition coefficient (Wildman–Crippen LogP) is 4.76. The molecule has 0 saturated heterocycles. The average molecular weight is 248 g/mol. The highest BCUT2D eigenvalue weighted by molar-refractivity contribution is 5.79. The summed E-state index contributed by atoms with van der Waals surface area (Å²) in [6.07, 6.45) is 6.10. The zero-order valence-corrected chi connectivity index (χ0v) is 12.7. The molecule has 0 amide bonds. The Morgan fingerprint density at radius 3 is 2.61 bits per heavy atom. The Kier molecular flexibility index (Phi) is 3.71. The highest BCUT2D eigenvalue weighted by Gasteiger charge is 2.43. The smallest absolute Gasteiger partial charge is 0.133 e. The molecule has 2 aliphatic carbocycles. The van der Waals surface area contributed by atoms with E-state index in [1.807, 2.05) is 0 Å². The van der Waals surface area contributed by atoms with Crippen molar-refractivity contribution < 1.29 is 4.79 Å². The summed E-state index contributed by atoms with van der Waals surface area (Å²) in [4.78, 5) is 11.9. The van der Waals surface area contributed by atoms with Crippen LogP contribution in [0.1, 0.15) is 66.7 Å². The Morgan fingerprint density at radius 2 is 2.06 bits per heavy atom. The van der Waals surface area contributed by atoms with Crippen molar-refractivity contribution in [3.8, 4) is 0 Å². The van der Waals surface area contributed by atoms with E-state index in [-0.39, 0.29) is 5.92 Å². The van der Waals surface area contributed by atoms with Gasteiger partial charge in [0, 0.05) is 5.92 Å². The van der Waals surface area contributed by atoms with Gasteiger partial charge in [0.1, 0.15) is 5.78 Å². The Bertz CT molecular complexity index is 375. The minimum Gasteiger partial charge on any atom is -0.300 e. The molecule has 1 unspecified atom stereocenters. The van der Waals surface area contributed by atoms with Crippen LogP contribution < -0.4 is 0 Å². The SMILES string of the molecule is CC[C@@H]1C2=C(CCCC2(C)C)CC(C(C)=O)[C@@H]1C. The fourth-order valence-electron chi connectivity index (χ4n) is 4.55. The molecule has 0 radical (unpaired) electrons. The van der Waals surface area contributed by atoms with E-state index in [0.29, 0.717) is 23.0 Å². The van der Waals surface area contributed by atoms with Crippen LogP contribution in [0.15, 0.2) is 11.1 Å². The molecule has 1 heteroatoms. The molecule has 102 valence electrons. The highest BCUT2D eigenvalue weighted by atomic mass is 16.1. The second-order valence-electron chi connectivity index (χ2n) is 7.05. The second-order valence-corrected chi connectivity index (χ2v) is 7.05. The van der Waals surface area contributed by atoms with Crippen molar-refractivity contribution in [3.63, 3.8) is 0 Å². The standard InChI is InChI=1S/C17H28O/c1-6-14-11(2)15(12(3)18)10-13-8-7-9-17(4,5)16(13)14/h11,14-15H,6-10H2,1-5H3/t11-,14+,15?/m1/s1. The van der Waals surface area contributed by atoms with Gasteiger partial charge >= 0.3 is 0 Å². The lowest BCUT2D eigenvalue weighted by Crippen LogP contribution is -2.38. The maximum absolute atomic E-state index is 11.9. The molecule has 0 N–H and O–H groups in total. The van der Waals surface area contributed by atoms with Crippen molar-refractivity contribution in [1.82, 2.24) is 0 Å². The van der Waals surface area contributed by atoms with Crippen LogP contribution in [0.3, 0.4) is 0 Å². The van der Waals surface area contributed by atoms with Gasteiger partial charge in [-0.15, -0.1) is 0 Å². The van der Waals surface area contributed by atoms with Crippen LogP contribution in [-0.2, 0) is 4.79 Å². The fraction of sp³-hybridized carbons (Fsp3) is 0.824. The van der Waals surface area contributed by atoms with E-state index < -0.39 is 0 Å². The summed E-state index contributed by atoms with van der Waals surface area (Å²) in [5.41, 5.74) is 3.72. The van der Waals surface area contributed by atoms with Crippen LogP contribution in [0.2, 0.25) is 0 Å². The predicted molar refractivity (Wildman–Crippen MR) is 76.4 cm³/mol. The first kappa shape index (κ1) is 13.8. The molecule has 0 bridgehead atoms. The van der Waals surface area contributed by atoms with Crippen LogP contribution in [-0.4, -0.2) is 5.78 Å². The second kappa shape index (κ2) is 4.83. The quantitative estimate of drug-likeness (QED) is 0.644. The van der Waals surface area contributed by atoms with Gasteiger partial charge in [-0.05, 0) is 56.3 Å². The maximum Gasteiger partial charge on any atom is 0.133 e. The third kappa shape index (κ3) is 2.17. The Labute approximate surface area is 112 Å². The van der Waals surface area contributed by atoms with Crippen molar-refractivity contribution in [3.05, 3.63) is 11.1 Å². The third-order valence-electron chi connectivity index (χ3n) is 5.46. The first-order chi connectivity index (χ1) is 8.38. The Morgan fingerprint density at radius 1 is 1.39 bits per heavy atom. The lowest BCUT2D eigenvalue weighted by molar-refractivity contribution is -0.123. The zero-order chi connectivity index (χ0) is 13.5. The van der Waals surface area contributed by atoms with Gasteiger partial charge in [-0.1, -0.05) is 38.8 Å². The zero-order valence-electron chi connectivity index (χ0n) is 12.7. The molecule has 0 aromatic heterocycles. The topological polar surface area (TPSA) is 17.1 Å². The molecule has 18 heavy (non-hydrogen) atoms. The van der Waals surface area contributed by atoms with Crippen molar-refractivity contribution in [2.75, 3.05) is 0 Å². The van der Waals surface area contributed by atoms with E-state index in [4.69, 9.17) is 0 Å². The van der Waals surface area contributed by atoms with Crippen LogP contribution in [0.5, 0.6) is 0 Å². The summed E-state index contributed by atoms with van der Waals surface area (Å²) in [7, 11) is 0. The molecule has 0 spiro atoms. The highest BCUT2D eigenvalue weighted by Crippen LogP contribution is 2.53. The van der Waals surface area contributed by atoms with Gasteiger partial charge in [0.25, 0.3) is 0 Å². The van der Waals surface area contributed by atoms with E-state index in [0.717, 1.165) is 6.42 Å². The van der Waals surface area contributed by atoms with Gasteiger partial charge in [-0.2, -0.15) is 0 Å². The number of hydrogen-bond donors (Lipinski definition) is 0. The fourth-order valence-corrected chi connectivity index (χ4v) is 4.55. The van der Waals surface area contributed by atoms with E-state index in [1.54, 1.807) is 18.1 Å². The molecule has 2 rings (SSSR count). The van der Waals surface area contributed by atoms with E-state index in [1.165, 1.54) is 25.7 Å². The van der Waals surface area contributed by atoms with Crippen molar-refractivity contribution in [1.29, 1.82) is 0 Å². The number of allylic oxidation sites excluding steroid dienone is 2. The molecule has 0 fully saturated rings. The molecule has 0 saturated carbocycles. The van der Waals surface area contributed by atoms with Gasteiger partial charge in [0.05, 0.1) is 0 Å². The first-order valence-electron chi connectivity index (χ1n) is 7.61. The van der Waals surface area contributed by atoms with E-state index >= 15 is 0 Å². The summed E-state index contributed by atoms with van der Waals surface area (Å²) in [6.45, 7) is 11.2. The van der Waals surface area contributed by atoms with Crippen LogP contribution >= 0.6 is 0 Å². The lowest BCUT2D eigenvalue weighted by Gasteiger charge is -2.47. The number of hydrogen-bond acceptors (Lipinski definition) is 1. The Hall–Kier alpha value is -0.590. The van der Waals surface area contributed by atoms with Crippen LogP contribution in [0.25, 0.3) is 0 Å². The van der Waals surface area contributed by atoms with Gasteiger partial charge in [-0.25, -0.2) is 0 Å². The molecule has 0 aromatic carbocycles. The summed E-state index contributed by atoms with van der Waals surface area (Å²) in [6, 6.07) is 0. The number of ketones is 1. The van der Waals surface area contributed by atoms with Crippen molar-refractivity contribution in [2.24, 2.45) is 23.2 Å². The minimum atomic E-state index is 0.280. The van der Waals surface area contributed by atoms with Gasteiger partial charge in [0.2, 0.25) is 0 Å². The minimum absolute atomic E-state index is 0.280. The normalized spacial score (nSPS) is 35.3. The van der Waals surface area contributed by atoms with E-state index in [2.05, 4.69) is 27.7 Å². The van der Waals surface area contributed by atoms with Crippen LogP contribution in [0, 0.1) is 23.2 Å². The van der Waals surface area contributed by atoms with Gasteiger partial charge in [0.15, 0.2) is 0 Å². The number of Topliss-reactive ketones (excluding diaryl/α,β-unsaturated/α-hetero) is 1. The molecular formula is C17H28O. The molecule has 0 heterocycles. The van der Waals surface area contributed by atoms with Crippen molar-refractivity contribution >= 4 is 5.78 Å². The number of carbonyl (C=O) groups is 1. The van der Waals surface area contributed by atoms with Gasteiger partial charge < -0.3 is 0 Å². The van der Waals surface area contributed by atoms with Crippen molar-refractivity contribution in [2.45, 2.75) is 66.7 Å². The molecule has 0 aliphatic heterocycles.